The Bertz CT molecular complexity index is 1060. The minimum atomic E-state index is -0.672. The molecule has 0 N–H and O–H groups in total. The molecular weight excluding hydrogens is 372 g/mol. The molecule has 1 nitrogen and oxygen atoms in total. The highest BCUT2D eigenvalue weighted by atomic mass is 32.1. The molecule has 2 aromatic carbocycles. The van der Waals surface area contributed by atoms with Crippen LogP contribution in [0.3, 0.4) is 0 Å². The number of allylic oxidation sites excluding steroid dienone is 2. The molecule has 0 aromatic heterocycles. The lowest BCUT2D eigenvalue weighted by Gasteiger charge is -2.14. The van der Waals surface area contributed by atoms with Crippen LogP contribution in [0.4, 0.5) is 14.5 Å². The van der Waals surface area contributed by atoms with E-state index in [9.17, 15) is 8.78 Å². The average molecular weight is 391 g/mol. The summed E-state index contributed by atoms with van der Waals surface area (Å²) >= 11 is 4.43. The van der Waals surface area contributed by atoms with Crippen molar-refractivity contribution in [3.05, 3.63) is 75.9 Å². The Balaban J connectivity index is 1.83. The smallest absolute Gasteiger partial charge is 0.151 e. The lowest BCUT2D eigenvalue weighted by molar-refractivity contribution is 0.599. The molecule has 140 valence electrons. The minimum Gasteiger partial charge on any atom is -0.206 e. The molecule has 1 aliphatic rings. The first-order valence-electron chi connectivity index (χ1n) is 9.19. The molecule has 0 fully saturated rings. The van der Waals surface area contributed by atoms with Gasteiger partial charge in [0.2, 0.25) is 0 Å². The Labute approximate surface area is 169 Å². The Kier molecular flexibility index (Phi) is 6.66. The summed E-state index contributed by atoms with van der Waals surface area (Å²) < 4.78 is 28.0. The summed E-state index contributed by atoms with van der Waals surface area (Å²) in [5, 5.41) is 2.03. The first-order chi connectivity index (χ1) is 13.6. The Morgan fingerprint density at radius 2 is 1.96 bits per heavy atom. The Morgan fingerprint density at radius 1 is 1.11 bits per heavy atom. The summed E-state index contributed by atoms with van der Waals surface area (Å²) in [5.74, 6) is 4.42. The first-order valence-corrected chi connectivity index (χ1v) is 9.60. The zero-order valence-electron chi connectivity index (χ0n) is 15.6. The van der Waals surface area contributed by atoms with E-state index in [1.165, 1.54) is 11.1 Å². The lowest BCUT2D eigenvalue weighted by atomic mass is 9.91. The van der Waals surface area contributed by atoms with Crippen molar-refractivity contribution >= 4 is 35.2 Å². The molecule has 0 bridgehead atoms. The van der Waals surface area contributed by atoms with Gasteiger partial charge < -0.3 is 0 Å². The summed E-state index contributed by atoms with van der Waals surface area (Å²) in [6.45, 7) is 2.16. The number of thiocarbonyl (C=S) groups is 1. The molecule has 0 atom stereocenters. The SMILES string of the molecule is CCC/C=C/c1ccc2c(c1)CCC(C#Cc1cc(F)c(N=C=S)cc1F)=C2. The van der Waals surface area contributed by atoms with Gasteiger partial charge in [-0.3, -0.25) is 0 Å². The fraction of sp³-hybridized carbons (Fsp3) is 0.208. The molecule has 0 saturated heterocycles. The van der Waals surface area contributed by atoms with Crippen molar-refractivity contribution in [1.82, 2.24) is 0 Å². The number of aliphatic imine (C=N–C) groups is 1. The first kappa shape index (κ1) is 19.9. The van der Waals surface area contributed by atoms with Crippen LogP contribution in [0.1, 0.15) is 48.4 Å². The summed E-state index contributed by atoms with van der Waals surface area (Å²) in [5.41, 5.74) is 4.34. The van der Waals surface area contributed by atoms with Crippen LogP contribution in [-0.2, 0) is 6.42 Å². The second-order valence-electron chi connectivity index (χ2n) is 6.56. The van der Waals surface area contributed by atoms with Crippen LogP contribution >= 0.6 is 12.2 Å². The molecule has 0 aliphatic heterocycles. The van der Waals surface area contributed by atoms with Crippen LogP contribution in [-0.4, -0.2) is 5.16 Å². The van der Waals surface area contributed by atoms with Crippen LogP contribution in [0, 0.1) is 23.5 Å². The number of nitrogens with zero attached hydrogens (tertiary/aromatic N) is 1. The van der Waals surface area contributed by atoms with Crippen LogP contribution in [0.25, 0.3) is 12.2 Å². The van der Waals surface area contributed by atoms with Gasteiger partial charge in [-0.05, 0) is 60.3 Å². The summed E-state index contributed by atoms with van der Waals surface area (Å²) in [7, 11) is 0. The number of benzene rings is 2. The van der Waals surface area contributed by atoms with Crippen LogP contribution < -0.4 is 0 Å². The highest BCUT2D eigenvalue weighted by Crippen LogP contribution is 2.26. The Morgan fingerprint density at radius 3 is 2.75 bits per heavy atom. The summed E-state index contributed by atoms with van der Waals surface area (Å²) in [4.78, 5) is 3.50. The number of halogens is 2. The van der Waals surface area contributed by atoms with E-state index in [1.54, 1.807) is 0 Å². The van der Waals surface area contributed by atoms with E-state index >= 15 is 0 Å². The fourth-order valence-corrected chi connectivity index (χ4v) is 3.11. The molecule has 0 amide bonds. The summed E-state index contributed by atoms with van der Waals surface area (Å²) in [6.07, 6.45) is 10.2. The maximum Gasteiger partial charge on any atom is 0.151 e. The van der Waals surface area contributed by atoms with Gasteiger partial charge in [0.15, 0.2) is 5.82 Å². The monoisotopic (exact) mass is 391 g/mol. The highest BCUT2D eigenvalue weighted by molar-refractivity contribution is 7.78. The number of rotatable bonds is 4. The molecule has 0 radical (unpaired) electrons. The van der Waals surface area contributed by atoms with Gasteiger partial charge in [0, 0.05) is 11.6 Å². The van der Waals surface area contributed by atoms with Crippen molar-refractivity contribution in [2.24, 2.45) is 4.99 Å². The largest absolute Gasteiger partial charge is 0.206 e. The molecule has 0 spiro atoms. The van der Waals surface area contributed by atoms with Crippen LogP contribution in [0.5, 0.6) is 0 Å². The van der Waals surface area contributed by atoms with Crippen molar-refractivity contribution in [3.8, 4) is 11.8 Å². The van der Waals surface area contributed by atoms with Crippen molar-refractivity contribution < 1.29 is 8.78 Å². The van der Waals surface area contributed by atoms with Gasteiger partial charge in [0.1, 0.15) is 11.5 Å². The second kappa shape index (κ2) is 9.37. The van der Waals surface area contributed by atoms with Gasteiger partial charge in [-0.15, -0.1) is 0 Å². The van der Waals surface area contributed by atoms with Gasteiger partial charge in [0.25, 0.3) is 0 Å². The maximum atomic E-state index is 14.1. The normalized spacial score (nSPS) is 12.6. The second-order valence-corrected chi connectivity index (χ2v) is 6.74. The zero-order chi connectivity index (χ0) is 19.9. The van der Waals surface area contributed by atoms with Crippen molar-refractivity contribution in [2.45, 2.75) is 32.6 Å². The number of hydrogen-bond donors (Lipinski definition) is 0. The molecule has 2 aromatic rings. The topological polar surface area (TPSA) is 12.4 Å². The van der Waals surface area contributed by atoms with Crippen molar-refractivity contribution in [1.29, 1.82) is 0 Å². The molecule has 1 aliphatic carbocycles. The molecule has 4 heteroatoms. The average Bonchev–Trinajstić information content (AvgIpc) is 2.69. The Hall–Kier alpha value is -2.86. The van der Waals surface area contributed by atoms with Crippen LogP contribution in [0.2, 0.25) is 0 Å². The number of isothiocyanates is 1. The standard InChI is InChI=1S/C24H19F2NS/c1-2-3-4-5-17-6-9-20-13-18(7-10-19(20)12-17)8-11-21-14-23(26)24(27-16-28)15-22(21)25/h4-6,9,12-15H,2-3,7,10H2,1H3/b5-4+. The van der Waals surface area contributed by atoms with Gasteiger partial charge in [-0.2, -0.15) is 4.99 Å². The van der Waals surface area contributed by atoms with Crippen molar-refractivity contribution in [3.63, 3.8) is 0 Å². The van der Waals surface area contributed by atoms with E-state index in [0.717, 1.165) is 49.0 Å². The highest BCUT2D eigenvalue weighted by Gasteiger charge is 2.11. The third-order valence-electron chi connectivity index (χ3n) is 4.49. The third kappa shape index (κ3) is 4.89. The number of fused-ring (bicyclic) bond motifs is 1. The van der Waals surface area contributed by atoms with Gasteiger partial charge >= 0.3 is 0 Å². The van der Waals surface area contributed by atoms with E-state index in [-0.39, 0.29) is 11.3 Å². The maximum absolute atomic E-state index is 14.1. The van der Waals surface area contributed by atoms with E-state index in [0.29, 0.717) is 0 Å². The van der Waals surface area contributed by atoms with Gasteiger partial charge in [0.05, 0.1) is 10.7 Å². The molecule has 3 rings (SSSR count). The predicted octanol–water partition coefficient (Wildman–Crippen LogP) is 6.89. The van der Waals surface area contributed by atoms with Crippen molar-refractivity contribution in [2.75, 3.05) is 0 Å². The quantitative estimate of drug-likeness (QED) is 0.314. The van der Waals surface area contributed by atoms with E-state index in [2.05, 4.69) is 66.3 Å². The fourth-order valence-electron chi connectivity index (χ4n) is 3.02. The van der Waals surface area contributed by atoms with E-state index in [4.69, 9.17) is 0 Å². The van der Waals surface area contributed by atoms with Gasteiger partial charge in [-0.25, -0.2) is 8.78 Å². The molecule has 0 heterocycles. The predicted molar refractivity (Wildman–Crippen MR) is 115 cm³/mol. The number of hydrogen-bond acceptors (Lipinski definition) is 2. The van der Waals surface area contributed by atoms with Crippen LogP contribution in [0.15, 0.2) is 47.0 Å². The van der Waals surface area contributed by atoms with E-state index < -0.39 is 11.6 Å². The summed E-state index contributed by atoms with van der Waals surface area (Å²) in [6, 6.07) is 8.39. The molecular formula is C24H19F2NS. The zero-order valence-corrected chi connectivity index (χ0v) is 16.4. The number of aryl methyl sites for hydroxylation is 1. The lowest BCUT2D eigenvalue weighted by Crippen LogP contribution is -1.99. The molecule has 0 saturated carbocycles. The molecule has 0 unspecified atom stereocenters. The number of unbranched alkanes of at least 4 members (excludes halogenated alkanes) is 1. The third-order valence-corrected chi connectivity index (χ3v) is 4.58. The minimum absolute atomic E-state index is 0.00363. The van der Waals surface area contributed by atoms with Gasteiger partial charge in [-0.1, -0.05) is 55.5 Å². The van der Waals surface area contributed by atoms with E-state index in [1.807, 2.05) is 11.2 Å². The molecule has 28 heavy (non-hydrogen) atoms.